The summed E-state index contributed by atoms with van der Waals surface area (Å²) in [6.45, 7) is 0. The van der Waals surface area contributed by atoms with Gasteiger partial charge in [0.15, 0.2) is 5.57 Å². The van der Waals surface area contributed by atoms with Gasteiger partial charge in [-0.15, -0.1) is 0 Å². The minimum absolute atomic E-state index is 0.144. The highest BCUT2D eigenvalue weighted by Gasteiger charge is 2.48. The molecule has 1 aliphatic heterocycles. The third-order valence-corrected chi connectivity index (χ3v) is 4.82. The molecule has 2 atom stereocenters. The smallest absolute Gasteiger partial charge is 0.237 e. The van der Waals surface area contributed by atoms with Crippen molar-refractivity contribution in [2.75, 3.05) is 10.2 Å². The summed E-state index contributed by atoms with van der Waals surface area (Å²) in [5.74, 6) is -0.712. The lowest BCUT2D eigenvalue weighted by Gasteiger charge is -2.19. The topological polar surface area (TPSA) is 121 Å². The van der Waals surface area contributed by atoms with Crippen LogP contribution in [0.1, 0.15) is 25.7 Å². The molecular weight excluding hydrogens is 330 g/mol. The molecule has 2 amide bonds. The molecule has 0 spiro atoms. The Balaban J connectivity index is 1.83. The average molecular weight is 345 g/mol. The lowest BCUT2D eigenvalue weighted by atomic mass is 9.81. The van der Waals surface area contributed by atoms with Gasteiger partial charge in [0.1, 0.15) is 23.9 Å². The molecule has 3 rings (SSSR count). The van der Waals surface area contributed by atoms with Gasteiger partial charge in [-0.25, -0.2) is 0 Å². The number of allylic oxidation sites excluding steroid dienone is 2. The van der Waals surface area contributed by atoms with E-state index in [4.69, 9.17) is 15.8 Å². The van der Waals surface area contributed by atoms with Crippen molar-refractivity contribution in [3.8, 4) is 18.2 Å². The molecule has 7 nitrogen and oxygen atoms in total. The molecule has 26 heavy (non-hydrogen) atoms. The lowest BCUT2D eigenvalue weighted by Crippen LogP contribution is -2.30. The van der Waals surface area contributed by atoms with E-state index in [-0.39, 0.29) is 34.9 Å². The molecule has 1 aliphatic carbocycles. The van der Waals surface area contributed by atoms with E-state index < -0.39 is 0 Å². The summed E-state index contributed by atoms with van der Waals surface area (Å²) in [6, 6.07) is 11.5. The van der Waals surface area contributed by atoms with Crippen LogP contribution in [-0.2, 0) is 9.59 Å². The van der Waals surface area contributed by atoms with Gasteiger partial charge in [0.25, 0.3) is 0 Å². The molecule has 2 fully saturated rings. The van der Waals surface area contributed by atoms with Crippen LogP contribution in [0.15, 0.2) is 35.5 Å². The number of benzene rings is 1. The SMILES string of the molecule is N#CC(C#N)=C(C#N)Nc1ccc(N2C(=O)C3CCCCC3C2=O)cc1. The van der Waals surface area contributed by atoms with E-state index in [0.29, 0.717) is 11.4 Å². The van der Waals surface area contributed by atoms with E-state index >= 15 is 0 Å². The summed E-state index contributed by atoms with van der Waals surface area (Å²) in [5.41, 5.74) is 0.501. The fraction of sp³-hybridized carbons (Fsp3) is 0.316. The Kier molecular flexibility index (Phi) is 4.69. The number of fused-ring (bicyclic) bond motifs is 1. The fourth-order valence-electron chi connectivity index (χ4n) is 3.54. The van der Waals surface area contributed by atoms with Crippen LogP contribution in [0.3, 0.4) is 0 Å². The quantitative estimate of drug-likeness (QED) is 0.664. The van der Waals surface area contributed by atoms with E-state index in [9.17, 15) is 9.59 Å². The van der Waals surface area contributed by atoms with Crippen LogP contribution < -0.4 is 10.2 Å². The first-order valence-corrected chi connectivity index (χ1v) is 8.30. The van der Waals surface area contributed by atoms with Gasteiger partial charge in [-0.05, 0) is 37.1 Å². The minimum atomic E-state index is -0.314. The van der Waals surface area contributed by atoms with Crippen LogP contribution in [0.5, 0.6) is 0 Å². The zero-order chi connectivity index (χ0) is 18.7. The standard InChI is InChI=1S/C19H15N5O2/c20-9-12(10-21)17(11-22)23-13-5-7-14(8-6-13)24-18(25)15-3-1-2-4-16(15)19(24)26/h5-8,15-16,23H,1-4H2. The van der Waals surface area contributed by atoms with Crippen molar-refractivity contribution in [1.82, 2.24) is 0 Å². The van der Waals surface area contributed by atoms with Crippen LogP contribution in [-0.4, -0.2) is 11.8 Å². The van der Waals surface area contributed by atoms with Crippen molar-refractivity contribution >= 4 is 23.2 Å². The van der Waals surface area contributed by atoms with Gasteiger partial charge >= 0.3 is 0 Å². The van der Waals surface area contributed by atoms with Crippen LogP contribution in [0, 0.1) is 45.8 Å². The Morgan fingerprint density at radius 2 is 1.46 bits per heavy atom. The number of nitrogens with zero attached hydrogens (tertiary/aromatic N) is 4. The summed E-state index contributed by atoms with van der Waals surface area (Å²) >= 11 is 0. The molecule has 1 saturated carbocycles. The maximum atomic E-state index is 12.6. The van der Waals surface area contributed by atoms with Crippen LogP contribution in [0.4, 0.5) is 11.4 Å². The number of imide groups is 1. The summed E-state index contributed by atoms with van der Waals surface area (Å²) in [5, 5.41) is 29.5. The van der Waals surface area contributed by atoms with E-state index in [0.717, 1.165) is 25.7 Å². The van der Waals surface area contributed by atoms with Crippen LogP contribution >= 0.6 is 0 Å². The Labute approximate surface area is 150 Å². The van der Waals surface area contributed by atoms with Gasteiger partial charge < -0.3 is 5.32 Å². The van der Waals surface area contributed by atoms with Crippen molar-refractivity contribution in [3.63, 3.8) is 0 Å². The zero-order valence-corrected chi connectivity index (χ0v) is 13.9. The summed E-state index contributed by atoms with van der Waals surface area (Å²) in [6.07, 6.45) is 3.46. The summed E-state index contributed by atoms with van der Waals surface area (Å²) in [4.78, 5) is 26.4. The van der Waals surface area contributed by atoms with Crippen molar-refractivity contribution in [2.24, 2.45) is 11.8 Å². The third-order valence-electron chi connectivity index (χ3n) is 4.82. The first-order chi connectivity index (χ1) is 12.6. The largest absolute Gasteiger partial charge is 0.345 e. The van der Waals surface area contributed by atoms with Gasteiger partial charge in [-0.1, -0.05) is 12.8 Å². The van der Waals surface area contributed by atoms with E-state index in [2.05, 4.69) is 5.32 Å². The number of rotatable bonds is 3. The second-order valence-electron chi connectivity index (χ2n) is 6.27. The molecule has 7 heteroatoms. The number of carbonyl (C=O) groups excluding carboxylic acids is 2. The number of hydrogen-bond acceptors (Lipinski definition) is 6. The van der Waals surface area contributed by atoms with E-state index in [1.165, 1.54) is 4.90 Å². The lowest BCUT2D eigenvalue weighted by molar-refractivity contribution is -0.122. The predicted octanol–water partition coefficient (Wildman–Crippen LogP) is 2.60. The van der Waals surface area contributed by atoms with E-state index in [1.54, 1.807) is 42.5 Å². The maximum Gasteiger partial charge on any atom is 0.237 e. The molecule has 1 heterocycles. The minimum Gasteiger partial charge on any atom is -0.345 e. The Morgan fingerprint density at radius 3 is 1.92 bits per heavy atom. The van der Waals surface area contributed by atoms with E-state index in [1.807, 2.05) is 0 Å². The zero-order valence-electron chi connectivity index (χ0n) is 13.9. The van der Waals surface area contributed by atoms with Gasteiger partial charge in [-0.2, -0.15) is 15.8 Å². The van der Waals surface area contributed by atoms with Crippen molar-refractivity contribution in [3.05, 3.63) is 35.5 Å². The van der Waals surface area contributed by atoms with Crippen molar-refractivity contribution in [2.45, 2.75) is 25.7 Å². The molecule has 0 aromatic heterocycles. The summed E-state index contributed by atoms with van der Waals surface area (Å²) in [7, 11) is 0. The summed E-state index contributed by atoms with van der Waals surface area (Å²) < 4.78 is 0. The highest BCUT2D eigenvalue weighted by atomic mass is 16.2. The van der Waals surface area contributed by atoms with Gasteiger partial charge in [0.05, 0.1) is 17.5 Å². The molecule has 1 aromatic rings. The normalized spacial score (nSPS) is 21.2. The van der Waals surface area contributed by atoms with Gasteiger partial charge in [0.2, 0.25) is 11.8 Å². The predicted molar refractivity (Wildman–Crippen MR) is 91.9 cm³/mol. The van der Waals surface area contributed by atoms with Gasteiger partial charge in [-0.3, -0.25) is 14.5 Å². The van der Waals surface area contributed by atoms with Crippen molar-refractivity contribution < 1.29 is 9.59 Å². The second-order valence-corrected chi connectivity index (χ2v) is 6.27. The number of amides is 2. The Bertz CT molecular complexity index is 871. The number of hydrogen-bond donors (Lipinski definition) is 1. The molecular formula is C19H15N5O2. The number of anilines is 2. The molecule has 2 unspecified atom stereocenters. The molecule has 2 aliphatic rings. The first kappa shape index (κ1) is 17.2. The van der Waals surface area contributed by atoms with Crippen LogP contribution in [0.2, 0.25) is 0 Å². The molecule has 1 saturated heterocycles. The number of carbonyl (C=O) groups is 2. The average Bonchev–Trinajstić information content (AvgIpc) is 2.93. The highest BCUT2D eigenvalue weighted by Crippen LogP contribution is 2.40. The maximum absolute atomic E-state index is 12.6. The van der Waals surface area contributed by atoms with Gasteiger partial charge in [0, 0.05) is 5.69 Å². The third kappa shape index (κ3) is 2.90. The Hall–Kier alpha value is -3.63. The molecule has 128 valence electrons. The number of nitriles is 3. The van der Waals surface area contributed by atoms with Crippen molar-refractivity contribution in [1.29, 1.82) is 15.8 Å². The Morgan fingerprint density at radius 1 is 0.923 bits per heavy atom. The molecule has 0 bridgehead atoms. The van der Waals surface area contributed by atoms with Crippen LogP contribution in [0.25, 0.3) is 0 Å². The second kappa shape index (κ2) is 7.09. The fourth-order valence-corrected chi connectivity index (χ4v) is 3.54. The molecule has 0 radical (unpaired) electrons. The monoisotopic (exact) mass is 345 g/mol. The highest BCUT2D eigenvalue weighted by molar-refractivity contribution is 6.22. The first-order valence-electron chi connectivity index (χ1n) is 8.30. The molecule has 1 N–H and O–H groups in total. The number of nitrogens with one attached hydrogen (secondary N) is 1. The molecule has 1 aromatic carbocycles.